The molecular weight excluding hydrogens is 178 g/mol. The summed E-state index contributed by atoms with van der Waals surface area (Å²) in [6, 6.07) is 1.88. The normalized spacial score (nSPS) is 10.2. The second kappa shape index (κ2) is 3.70. The third-order valence-electron chi connectivity index (χ3n) is 2.13. The van der Waals surface area contributed by atoms with E-state index in [1.807, 2.05) is 26.8 Å². The van der Waals surface area contributed by atoms with Crippen LogP contribution in [-0.4, -0.2) is 15.6 Å². The maximum absolute atomic E-state index is 11.0. The maximum atomic E-state index is 11.0. The van der Waals surface area contributed by atoms with Gasteiger partial charge >= 0.3 is 5.97 Å². The molecule has 0 saturated carbocycles. The Morgan fingerprint density at radius 2 is 2.14 bits per heavy atom. The number of carboxylic acid groups (broad SMARTS) is 1. The van der Waals surface area contributed by atoms with Crippen LogP contribution in [0.3, 0.4) is 0 Å². The first-order valence-electron chi connectivity index (χ1n) is 4.48. The molecule has 0 saturated heterocycles. The zero-order valence-corrected chi connectivity index (χ0v) is 8.79. The van der Waals surface area contributed by atoms with Gasteiger partial charge in [-0.15, -0.1) is 0 Å². The number of hydrogen-bond donors (Lipinski definition) is 1. The van der Waals surface area contributed by atoms with Crippen molar-refractivity contribution in [3.63, 3.8) is 0 Å². The molecule has 14 heavy (non-hydrogen) atoms. The van der Waals surface area contributed by atoms with Crippen molar-refractivity contribution in [3.8, 4) is 0 Å². The van der Waals surface area contributed by atoms with Crippen LogP contribution in [0.25, 0.3) is 0 Å². The fourth-order valence-electron chi connectivity index (χ4n) is 1.61. The zero-order valence-electron chi connectivity index (χ0n) is 8.79. The average molecular weight is 193 g/mol. The number of carboxylic acids is 1. The molecule has 0 aliphatic rings. The Morgan fingerprint density at radius 3 is 2.57 bits per heavy atom. The molecule has 0 bridgehead atoms. The van der Waals surface area contributed by atoms with Crippen LogP contribution in [0.1, 0.15) is 28.7 Å². The molecule has 0 unspecified atom stereocenters. The summed E-state index contributed by atoms with van der Waals surface area (Å²) in [7, 11) is 0. The minimum atomic E-state index is -0.878. The number of aryl methyl sites for hydroxylation is 2. The molecule has 3 nitrogen and oxygen atoms in total. The Morgan fingerprint density at radius 1 is 1.57 bits per heavy atom. The number of hydrogen-bond acceptors (Lipinski definition) is 1. The van der Waals surface area contributed by atoms with Crippen LogP contribution in [0.2, 0.25) is 0 Å². The van der Waals surface area contributed by atoms with Crippen LogP contribution in [-0.2, 0) is 6.54 Å². The van der Waals surface area contributed by atoms with Crippen molar-refractivity contribution in [2.24, 2.45) is 0 Å². The largest absolute Gasteiger partial charge is 0.477 e. The Kier molecular flexibility index (Phi) is 2.79. The molecule has 0 fully saturated rings. The number of nitrogens with zero attached hydrogens (tertiary/aromatic N) is 1. The molecule has 0 aliphatic carbocycles. The minimum absolute atomic E-state index is 0.366. The molecule has 1 heterocycles. The fraction of sp³-hybridized carbons (Fsp3) is 0.364. The summed E-state index contributed by atoms with van der Waals surface area (Å²) in [4.78, 5) is 11.0. The van der Waals surface area contributed by atoms with Gasteiger partial charge in [0.05, 0.1) is 0 Å². The van der Waals surface area contributed by atoms with E-state index in [1.54, 1.807) is 4.57 Å². The van der Waals surface area contributed by atoms with Crippen LogP contribution < -0.4 is 0 Å². The molecular formula is C11H15NO2. The zero-order chi connectivity index (χ0) is 10.9. The molecule has 1 aromatic heterocycles. The number of rotatable bonds is 3. The number of aromatic carboxylic acids is 1. The SMILES string of the molecule is C=C(C)Cn1c(C)cc(C)c1C(=O)O. The number of allylic oxidation sites excluding steroid dienone is 1. The third-order valence-corrected chi connectivity index (χ3v) is 2.13. The lowest BCUT2D eigenvalue weighted by Crippen LogP contribution is -2.11. The van der Waals surface area contributed by atoms with E-state index in [0.717, 1.165) is 16.8 Å². The Bertz CT molecular complexity index is 388. The molecule has 0 aromatic carbocycles. The molecule has 1 N–H and O–H groups in total. The molecule has 0 aliphatic heterocycles. The smallest absolute Gasteiger partial charge is 0.352 e. The van der Waals surface area contributed by atoms with Gasteiger partial charge in [0.25, 0.3) is 0 Å². The van der Waals surface area contributed by atoms with Gasteiger partial charge in [-0.25, -0.2) is 4.79 Å². The van der Waals surface area contributed by atoms with Crippen molar-refractivity contribution in [3.05, 3.63) is 35.2 Å². The first-order chi connectivity index (χ1) is 6.43. The molecule has 0 amide bonds. The Balaban J connectivity index is 3.24. The van der Waals surface area contributed by atoms with Gasteiger partial charge in [0.1, 0.15) is 5.69 Å². The minimum Gasteiger partial charge on any atom is -0.477 e. The summed E-state index contributed by atoms with van der Waals surface area (Å²) >= 11 is 0. The summed E-state index contributed by atoms with van der Waals surface area (Å²) < 4.78 is 1.78. The van der Waals surface area contributed by atoms with Crippen LogP contribution in [0.5, 0.6) is 0 Å². The van der Waals surface area contributed by atoms with Gasteiger partial charge in [-0.05, 0) is 32.4 Å². The van der Waals surface area contributed by atoms with Crippen LogP contribution in [0.4, 0.5) is 0 Å². The van der Waals surface area contributed by atoms with E-state index in [1.165, 1.54) is 0 Å². The van der Waals surface area contributed by atoms with E-state index in [9.17, 15) is 4.79 Å². The third kappa shape index (κ3) is 1.87. The van der Waals surface area contributed by atoms with E-state index in [-0.39, 0.29) is 0 Å². The molecule has 0 spiro atoms. The molecule has 76 valence electrons. The predicted octanol–water partition coefficient (Wildman–Crippen LogP) is 2.38. The van der Waals surface area contributed by atoms with Crippen molar-refractivity contribution in [2.75, 3.05) is 0 Å². The van der Waals surface area contributed by atoms with Crippen molar-refractivity contribution in [1.82, 2.24) is 4.57 Å². The first-order valence-corrected chi connectivity index (χ1v) is 4.48. The molecule has 0 atom stereocenters. The van der Waals surface area contributed by atoms with E-state index in [4.69, 9.17) is 5.11 Å². The standard InChI is InChI=1S/C11H15NO2/c1-7(2)6-12-9(4)5-8(3)10(12)11(13)14/h5H,1,6H2,2-4H3,(H,13,14). The van der Waals surface area contributed by atoms with Crippen LogP contribution in [0, 0.1) is 13.8 Å². The quantitative estimate of drug-likeness (QED) is 0.749. The highest BCUT2D eigenvalue weighted by atomic mass is 16.4. The van der Waals surface area contributed by atoms with Crippen molar-refractivity contribution in [2.45, 2.75) is 27.3 Å². The van der Waals surface area contributed by atoms with Gasteiger partial charge in [0, 0.05) is 12.2 Å². The van der Waals surface area contributed by atoms with E-state index in [0.29, 0.717) is 12.2 Å². The average Bonchev–Trinajstić information content (AvgIpc) is 2.25. The van der Waals surface area contributed by atoms with E-state index >= 15 is 0 Å². The lowest BCUT2D eigenvalue weighted by atomic mass is 10.2. The highest BCUT2D eigenvalue weighted by Gasteiger charge is 2.15. The summed E-state index contributed by atoms with van der Waals surface area (Å²) in [5.74, 6) is -0.878. The van der Waals surface area contributed by atoms with Gasteiger partial charge in [-0.2, -0.15) is 0 Å². The Labute approximate surface area is 83.7 Å². The monoisotopic (exact) mass is 193 g/mol. The highest BCUT2D eigenvalue weighted by molar-refractivity contribution is 5.87. The predicted molar refractivity (Wildman–Crippen MR) is 55.7 cm³/mol. The first kappa shape index (κ1) is 10.6. The van der Waals surface area contributed by atoms with Crippen molar-refractivity contribution >= 4 is 5.97 Å². The van der Waals surface area contributed by atoms with Gasteiger partial charge < -0.3 is 9.67 Å². The topological polar surface area (TPSA) is 42.2 Å². The summed E-state index contributed by atoms with van der Waals surface area (Å²) in [5, 5.41) is 9.02. The highest BCUT2D eigenvalue weighted by Crippen LogP contribution is 2.16. The van der Waals surface area contributed by atoms with Crippen molar-refractivity contribution < 1.29 is 9.90 Å². The van der Waals surface area contributed by atoms with Gasteiger partial charge in [-0.3, -0.25) is 0 Å². The lowest BCUT2D eigenvalue weighted by molar-refractivity contribution is 0.0684. The molecule has 1 rings (SSSR count). The summed E-state index contributed by atoms with van der Waals surface area (Å²) in [5.41, 5.74) is 3.08. The van der Waals surface area contributed by atoms with Gasteiger partial charge in [-0.1, -0.05) is 12.2 Å². The van der Waals surface area contributed by atoms with E-state index < -0.39 is 5.97 Å². The van der Waals surface area contributed by atoms with Gasteiger partial charge in [0.2, 0.25) is 0 Å². The van der Waals surface area contributed by atoms with E-state index in [2.05, 4.69) is 6.58 Å². The lowest BCUT2D eigenvalue weighted by Gasteiger charge is -2.08. The number of carbonyl (C=O) groups is 1. The van der Waals surface area contributed by atoms with Crippen LogP contribution in [0.15, 0.2) is 18.2 Å². The second-order valence-electron chi connectivity index (χ2n) is 3.67. The molecule has 0 radical (unpaired) electrons. The maximum Gasteiger partial charge on any atom is 0.352 e. The fourth-order valence-corrected chi connectivity index (χ4v) is 1.61. The Hall–Kier alpha value is -1.51. The van der Waals surface area contributed by atoms with Gasteiger partial charge in [0.15, 0.2) is 0 Å². The summed E-state index contributed by atoms with van der Waals surface area (Å²) in [6.07, 6.45) is 0. The van der Waals surface area contributed by atoms with Crippen LogP contribution >= 0.6 is 0 Å². The second-order valence-corrected chi connectivity index (χ2v) is 3.67. The molecule has 1 aromatic rings. The van der Waals surface area contributed by atoms with Crippen molar-refractivity contribution in [1.29, 1.82) is 0 Å². The molecule has 3 heteroatoms. The number of aromatic nitrogens is 1. The summed E-state index contributed by atoms with van der Waals surface area (Å²) in [6.45, 7) is 9.96.